The second kappa shape index (κ2) is 6.75. The first kappa shape index (κ1) is 16.5. The summed E-state index contributed by atoms with van der Waals surface area (Å²) in [7, 11) is 0. The van der Waals surface area contributed by atoms with E-state index in [0.717, 1.165) is 40.9 Å². The van der Waals surface area contributed by atoms with E-state index < -0.39 is 0 Å². The van der Waals surface area contributed by atoms with Crippen LogP contribution in [0.1, 0.15) is 65.0 Å². The largest absolute Gasteiger partial charge is 0.330 e. The summed E-state index contributed by atoms with van der Waals surface area (Å²) in [4.78, 5) is 23.7. The second-order valence-electron chi connectivity index (χ2n) is 7.12. The van der Waals surface area contributed by atoms with Crippen molar-refractivity contribution in [2.45, 2.75) is 58.0 Å². The minimum Gasteiger partial charge on any atom is -0.330 e. The number of aromatic nitrogens is 2. The molecular weight excluding hydrogens is 334 g/mol. The zero-order chi connectivity index (χ0) is 17.4. The van der Waals surface area contributed by atoms with Crippen molar-refractivity contribution in [3.05, 3.63) is 57.6 Å². The molecule has 0 N–H and O–H groups in total. The smallest absolute Gasteiger partial charge is 0.256 e. The molecule has 0 saturated heterocycles. The van der Waals surface area contributed by atoms with E-state index in [1.54, 1.807) is 6.20 Å². The Labute approximate surface area is 153 Å². The molecule has 1 amide bonds. The second-order valence-corrected chi connectivity index (χ2v) is 7.50. The van der Waals surface area contributed by atoms with Gasteiger partial charge in [-0.1, -0.05) is 30.9 Å². The Morgan fingerprint density at radius 3 is 2.80 bits per heavy atom. The molecule has 5 heteroatoms. The van der Waals surface area contributed by atoms with Crippen LogP contribution < -0.4 is 0 Å². The third-order valence-corrected chi connectivity index (χ3v) is 5.62. The van der Waals surface area contributed by atoms with Crippen LogP contribution in [0.25, 0.3) is 0 Å². The Morgan fingerprint density at radius 1 is 1.24 bits per heavy atom. The lowest BCUT2D eigenvalue weighted by atomic mass is 9.94. The van der Waals surface area contributed by atoms with Gasteiger partial charge in [0.05, 0.1) is 17.8 Å². The number of nitrogens with zero attached hydrogens (tertiary/aromatic N) is 3. The van der Waals surface area contributed by atoms with E-state index in [9.17, 15) is 4.79 Å². The van der Waals surface area contributed by atoms with Gasteiger partial charge in [-0.2, -0.15) is 0 Å². The molecule has 2 aromatic rings. The molecule has 0 bridgehead atoms. The van der Waals surface area contributed by atoms with Gasteiger partial charge in [-0.3, -0.25) is 9.78 Å². The Hall–Kier alpha value is -1.94. The summed E-state index contributed by atoms with van der Waals surface area (Å²) >= 11 is 5.99. The van der Waals surface area contributed by atoms with Gasteiger partial charge >= 0.3 is 0 Å². The zero-order valence-electron chi connectivity index (χ0n) is 14.5. The minimum atomic E-state index is 0.156. The predicted molar refractivity (Wildman–Crippen MR) is 97.8 cm³/mol. The summed E-state index contributed by atoms with van der Waals surface area (Å²) in [6.07, 6.45) is 8.43. The van der Waals surface area contributed by atoms with E-state index in [1.165, 1.54) is 19.3 Å². The van der Waals surface area contributed by atoms with Gasteiger partial charge in [0, 0.05) is 17.9 Å². The molecule has 1 aliphatic carbocycles. The number of rotatable bonds is 3. The van der Waals surface area contributed by atoms with Gasteiger partial charge < -0.3 is 4.90 Å². The Kier molecular flexibility index (Phi) is 4.46. The summed E-state index contributed by atoms with van der Waals surface area (Å²) in [5, 5.41) is 0.490. The standard InChI is InChI=1S/C20H22ClN3O/c1-13-15(9-14-7-8-22-19(21)10-14)11-17-18(23-13)12-24(20(17)25)16-5-3-2-4-6-16/h7-8,10-11,16H,2-6,9,12H2,1H3. The van der Waals surface area contributed by atoms with E-state index in [4.69, 9.17) is 16.6 Å². The number of carbonyl (C=O) groups is 1. The number of carbonyl (C=O) groups excluding carboxylic acids is 1. The monoisotopic (exact) mass is 355 g/mol. The van der Waals surface area contributed by atoms with Crippen molar-refractivity contribution in [2.75, 3.05) is 0 Å². The van der Waals surface area contributed by atoms with Crippen molar-refractivity contribution < 1.29 is 4.79 Å². The number of halogens is 1. The summed E-state index contributed by atoms with van der Waals surface area (Å²) in [5.41, 5.74) is 4.88. The number of hydrogen-bond acceptors (Lipinski definition) is 3. The van der Waals surface area contributed by atoms with Crippen LogP contribution in [0.15, 0.2) is 24.4 Å². The molecule has 1 aliphatic heterocycles. The fourth-order valence-corrected chi connectivity index (χ4v) is 4.23. The number of fused-ring (bicyclic) bond motifs is 1. The van der Waals surface area contributed by atoms with Gasteiger partial charge in [0.25, 0.3) is 5.91 Å². The van der Waals surface area contributed by atoms with E-state index in [1.807, 2.05) is 30.0 Å². The molecule has 4 rings (SSSR count). The van der Waals surface area contributed by atoms with E-state index in [2.05, 4.69) is 4.98 Å². The first-order valence-electron chi connectivity index (χ1n) is 9.02. The molecular formula is C20H22ClN3O. The fraction of sp³-hybridized carbons (Fsp3) is 0.450. The summed E-state index contributed by atoms with van der Waals surface area (Å²) in [6, 6.07) is 6.24. The van der Waals surface area contributed by atoms with Crippen LogP contribution in [-0.2, 0) is 13.0 Å². The highest BCUT2D eigenvalue weighted by Crippen LogP contribution is 2.31. The lowest BCUT2D eigenvalue weighted by Gasteiger charge is -2.30. The molecule has 2 aromatic heterocycles. The maximum atomic E-state index is 12.9. The lowest BCUT2D eigenvalue weighted by molar-refractivity contribution is 0.0659. The molecule has 25 heavy (non-hydrogen) atoms. The first-order valence-corrected chi connectivity index (χ1v) is 9.40. The van der Waals surface area contributed by atoms with Gasteiger partial charge in [0.2, 0.25) is 0 Å². The Bertz CT molecular complexity index is 815. The highest BCUT2D eigenvalue weighted by Gasteiger charge is 2.34. The van der Waals surface area contributed by atoms with E-state index in [0.29, 0.717) is 24.2 Å². The van der Waals surface area contributed by atoms with Gasteiger partial charge in [-0.25, -0.2) is 4.98 Å². The van der Waals surface area contributed by atoms with Crippen molar-refractivity contribution in [1.29, 1.82) is 0 Å². The van der Waals surface area contributed by atoms with Gasteiger partial charge in [0.15, 0.2) is 0 Å². The number of pyridine rings is 2. The van der Waals surface area contributed by atoms with Crippen LogP contribution >= 0.6 is 11.6 Å². The van der Waals surface area contributed by atoms with Crippen LogP contribution in [0.2, 0.25) is 5.15 Å². The average Bonchev–Trinajstić information content (AvgIpc) is 2.92. The fourth-order valence-electron chi connectivity index (χ4n) is 4.03. The van der Waals surface area contributed by atoms with Crippen molar-refractivity contribution in [2.24, 2.45) is 0 Å². The van der Waals surface area contributed by atoms with Gasteiger partial charge in [0.1, 0.15) is 5.15 Å². The van der Waals surface area contributed by atoms with Crippen LogP contribution in [0.3, 0.4) is 0 Å². The molecule has 0 atom stereocenters. The highest BCUT2D eigenvalue weighted by molar-refractivity contribution is 6.29. The first-order chi connectivity index (χ1) is 12.1. The minimum absolute atomic E-state index is 0.156. The van der Waals surface area contributed by atoms with Gasteiger partial charge in [-0.05, 0) is 55.5 Å². The SMILES string of the molecule is Cc1nc2c(cc1Cc1ccnc(Cl)c1)C(=O)N(C1CCCCC1)C2. The normalized spacial score (nSPS) is 17.8. The highest BCUT2D eigenvalue weighted by atomic mass is 35.5. The molecule has 3 heterocycles. The topological polar surface area (TPSA) is 46.1 Å². The van der Waals surface area contributed by atoms with Crippen LogP contribution in [0.5, 0.6) is 0 Å². The lowest BCUT2D eigenvalue weighted by Crippen LogP contribution is -2.36. The maximum absolute atomic E-state index is 12.9. The summed E-state index contributed by atoms with van der Waals surface area (Å²) < 4.78 is 0. The molecule has 0 aromatic carbocycles. The van der Waals surface area contributed by atoms with Crippen molar-refractivity contribution in [3.63, 3.8) is 0 Å². The Morgan fingerprint density at radius 2 is 2.04 bits per heavy atom. The molecule has 0 unspecified atom stereocenters. The quantitative estimate of drug-likeness (QED) is 0.770. The van der Waals surface area contributed by atoms with Crippen LogP contribution in [-0.4, -0.2) is 26.8 Å². The summed E-state index contributed by atoms with van der Waals surface area (Å²) in [5.74, 6) is 0.156. The third kappa shape index (κ3) is 3.28. The molecule has 4 nitrogen and oxygen atoms in total. The van der Waals surface area contributed by atoms with Crippen LogP contribution in [0.4, 0.5) is 0 Å². The molecule has 130 valence electrons. The predicted octanol–water partition coefficient (Wildman–Crippen LogP) is 4.32. The number of hydrogen-bond donors (Lipinski definition) is 0. The number of aryl methyl sites for hydroxylation is 1. The molecule has 1 saturated carbocycles. The maximum Gasteiger partial charge on any atom is 0.256 e. The van der Waals surface area contributed by atoms with Crippen LogP contribution in [0, 0.1) is 6.92 Å². The van der Waals surface area contributed by atoms with Crippen molar-refractivity contribution >= 4 is 17.5 Å². The molecule has 2 aliphatic rings. The van der Waals surface area contributed by atoms with E-state index in [-0.39, 0.29) is 5.91 Å². The van der Waals surface area contributed by atoms with Crippen molar-refractivity contribution in [1.82, 2.24) is 14.9 Å². The van der Waals surface area contributed by atoms with Crippen molar-refractivity contribution in [3.8, 4) is 0 Å². The summed E-state index contributed by atoms with van der Waals surface area (Å²) in [6.45, 7) is 2.69. The van der Waals surface area contributed by atoms with Gasteiger partial charge in [-0.15, -0.1) is 0 Å². The third-order valence-electron chi connectivity index (χ3n) is 5.41. The molecule has 1 fully saturated rings. The molecule has 0 radical (unpaired) electrons. The average molecular weight is 356 g/mol. The number of amides is 1. The zero-order valence-corrected chi connectivity index (χ0v) is 15.2. The van der Waals surface area contributed by atoms with E-state index >= 15 is 0 Å². The Balaban J connectivity index is 1.60. The molecule has 0 spiro atoms.